The Kier molecular flexibility index (Phi) is 3.69. The first-order valence-electron chi connectivity index (χ1n) is 6.37. The van der Waals surface area contributed by atoms with E-state index in [2.05, 4.69) is 36.9 Å². The second kappa shape index (κ2) is 5.63. The third-order valence-electron chi connectivity index (χ3n) is 3.23. The van der Waals surface area contributed by atoms with Crippen molar-refractivity contribution >= 4 is 32.8 Å². The molecule has 0 aliphatic rings. The summed E-state index contributed by atoms with van der Waals surface area (Å²) in [5.41, 5.74) is 2.97. The van der Waals surface area contributed by atoms with Crippen LogP contribution >= 0.6 is 15.9 Å². The summed E-state index contributed by atoms with van der Waals surface area (Å²) in [5.74, 6) is 0.967. The van der Waals surface area contributed by atoms with Crippen LogP contribution in [0.1, 0.15) is 5.56 Å². The maximum Gasteiger partial charge on any atom is 0.181 e. The third-order valence-corrected chi connectivity index (χ3v) is 3.70. The number of fused-ring (bicyclic) bond motifs is 1. The van der Waals surface area contributed by atoms with Crippen LogP contribution in [-0.4, -0.2) is 23.6 Å². The number of benzene rings is 1. The molecule has 102 valence electrons. The number of anilines is 1. The first-order chi connectivity index (χ1) is 9.72. The minimum absolute atomic E-state index is 0.840. The van der Waals surface area contributed by atoms with Crippen LogP contribution in [-0.2, 0) is 6.42 Å². The van der Waals surface area contributed by atoms with E-state index < -0.39 is 0 Å². The largest absolute Gasteiger partial charge is 0.443 e. The summed E-state index contributed by atoms with van der Waals surface area (Å²) in [4.78, 5) is 10.6. The minimum atomic E-state index is 0.840. The van der Waals surface area contributed by atoms with Crippen LogP contribution < -0.4 is 4.90 Å². The van der Waals surface area contributed by atoms with Crippen LogP contribution in [0.4, 0.5) is 5.82 Å². The van der Waals surface area contributed by atoms with Gasteiger partial charge < -0.3 is 9.32 Å². The molecule has 0 bridgehead atoms. The zero-order valence-electron chi connectivity index (χ0n) is 11.1. The van der Waals surface area contributed by atoms with Gasteiger partial charge in [-0.2, -0.15) is 0 Å². The monoisotopic (exact) mass is 331 g/mol. The van der Waals surface area contributed by atoms with E-state index >= 15 is 0 Å². The van der Waals surface area contributed by atoms with Crippen molar-refractivity contribution in [2.75, 3.05) is 18.5 Å². The van der Waals surface area contributed by atoms with Crippen molar-refractivity contribution in [3.8, 4) is 0 Å². The lowest BCUT2D eigenvalue weighted by Gasteiger charge is -2.17. The van der Waals surface area contributed by atoms with E-state index in [4.69, 9.17) is 4.42 Å². The highest BCUT2D eigenvalue weighted by Crippen LogP contribution is 2.17. The molecule has 2 aromatic heterocycles. The lowest BCUT2D eigenvalue weighted by atomic mass is 10.1. The number of hydrogen-bond acceptors (Lipinski definition) is 4. The Morgan fingerprint density at radius 2 is 2.10 bits per heavy atom. The molecule has 20 heavy (non-hydrogen) atoms. The fraction of sp³-hybridized carbons (Fsp3) is 0.200. The predicted octanol–water partition coefficient (Wildman–Crippen LogP) is 3.66. The van der Waals surface area contributed by atoms with E-state index in [1.165, 1.54) is 12.0 Å². The molecular weight excluding hydrogens is 318 g/mol. The molecule has 0 radical (unpaired) electrons. The van der Waals surface area contributed by atoms with E-state index in [0.29, 0.717) is 0 Å². The van der Waals surface area contributed by atoms with Gasteiger partial charge in [-0.05, 0) is 52.2 Å². The molecule has 4 nitrogen and oxygen atoms in total. The Labute approximate surface area is 125 Å². The standard InChI is InChI=1S/C15H14BrN3O/c1-19(15-5-3-12(16)9-17-15)7-6-11-2-4-13-14(8-11)20-10-18-13/h2-5,8-10H,6-7H2,1H3. The SMILES string of the molecule is CN(CCc1ccc2ncoc2c1)c1ccc(Br)cn1. The number of rotatable bonds is 4. The zero-order valence-corrected chi connectivity index (χ0v) is 12.7. The van der Waals surface area contributed by atoms with Gasteiger partial charge in [0.05, 0.1) is 0 Å². The van der Waals surface area contributed by atoms with Crippen LogP contribution in [0.25, 0.3) is 11.1 Å². The normalized spacial score (nSPS) is 10.9. The number of likely N-dealkylation sites (N-methyl/N-ethyl adjacent to an activating group) is 1. The summed E-state index contributed by atoms with van der Waals surface area (Å²) in [7, 11) is 2.04. The number of halogens is 1. The molecule has 0 spiro atoms. The Balaban J connectivity index is 1.67. The predicted molar refractivity (Wildman–Crippen MR) is 82.9 cm³/mol. The maximum atomic E-state index is 5.32. The number of pyridine rings is 1. The van der Waals surface area contributed by atoms with Gasteiger partial charge >= 0.3 is 0 Å². The lowest BCUT2D eigenvalue weighted by molar-refractivity contribution is 0.601. The van der Waals surface area contributed by atoms with Crippen LogP contribution in [0.15, 0.2) is 51.8 Å². The maximum absolute atomic E-state index is 5.32. The van der Waals surface area contributed by atoms with Crippen molar-refractivity contribution in [1.82, 2.24) is 9.97 Å². The summed E-state index contributed by atoms with van der Waals surface area (Å²) in [5, 5.41) is 0. The third kappa shape index (κ3) is 2.82. The van der Waals surface area contributed by atoms with E-state index in [1.807, 2.05) is 37.5 Å². The highest BCUT2D eigenvalue weighted by atomic mass is 79.9. The van der Waals surface area contributed by atoms with Gasteiger partial charge in [0.15, 0.2) is 12.0 Å². The molecule has 3 aromatic rings. The Hall–Kier alpha value is -1.88. The average molecular weight is 332 g/mol. The Morgan fingerprint density at radius 1 is 1.20 bits per heavy atom. The quantitative estimate of drug-likeness (QED) is 0.731. The molecule has 0 aliphatic carbocycles. The zero-order chi connectivity index (χ0) is 13.9. The Bertz CT molecular complexity index is 708. The number of oxazole rings is 1. The second-order valence-electron chi connectivity index (χ2n) is 4.66. The van der Waals surface area contributed by atoms with Crippen molar-refractivity contribution in [2.24, 2.45) is 0 Å². The van der Waals surface area contributed by atoms with Gasteiger partial charge in [-0.3, -0.25) is 0 Å². The molecule has 2 heterocycles. The van der Waals surface area contributed by atoms with Crippen molar-refractivity contribution < 1.29 is 4.42 Å². The first kappa shape index (κ1) is 13.1. The molecule has 3 rings (SSSR count). The lowest BCUT2D eigenvalue weighted by Crippen LogP contribution is -2.21. The van der Waals surface area contributed by atoms with Gasteiger partial charge in [0, 0.05) is 24.3 Å². The molecule has 0 saturated carbocycles. The summed E-state index contributed by atoms with van der Waals surface area (Å²) in [6, 6.07) is 10.1. The van der Waals surface area contributed by atoms with Crippen LogP contribution in [0.3, 0.4) is 0 Å². The highest BCUT2D eigenvalue weighted by Gasteiger charge is 2.04. The summed E-state index contributed by atoms with van der Waals surface area (Å²) < 4.78 is 6.31. The molecule has 0 atom stereocenters. The number of nitrogens with zero attached hydrogens (tertiary/aromatic N) is 3. The van der Waals surface area contributed by atoms with Crippen molar-refractivity contribution in [3.05, 3.63) is 53.0 Å². The fourth-order valence-electron chi connectivity index (χ4n) is 2.06. The second-order valence-corrected chi connectivity index (χ2v) is 5.58. The number of hydrogen-bond donors (Lipinski definition) is 0. The number of aromatic nitrogens is 2. The van der Waals surface area contributed by atoms with Crippen molar-refractivity contribution in [1.29, 1.82) is 0 Å². The molecular formula is C15H14BrN3O. The topological polar surface area (TPSA) is 42.2 Å². The molecule has 0 fully saturated rings. The van der Waals surface area contributed by atoms with Crippen molar-refractivity contribution in [2.45, 2.75) is 6.42 Å². The molecule has 0 amide bonds. The fourth-order valence-corrected chi connectivity index (χ4v) is 2.29. The summed E-state index contributed by atoms with van der Waals surface area (Å²) in [6.45, 7) is 0.897. The smallest absolute Gasteiger partial charge is 0.181 e. The van der Waals surface area contributed by atoms with E-state index in [0.717, 1.165) is 34.4 Å². The van der Waals surface area contributed by atoms with Crippen LogP contribution in [0.2, 0.25) is 0 Å². The highest BCUT2D eigenvalue weighted by molar-refractivity contribution is 9.10. The van der Waals surface area contributed by atoms with Gasteiger partial charge in [0.2, 0.25) is 0 Å². The van der Waals surface area contributed by atoms with Gasteiger partial charge in [-0.25, -0.2) is 9.97 Å². The summed E-state index contributed by atoms with van der Waals surface area (Å²) in [6.07, 6.45) is 4.23. The molecule has 0 saturated heterocycles. The minimum Gasteiger partial charge on any atom is -0.443 e. The molecule has 5 heteroatoms. The molecule has 1 aromatic carbocycles. The van der Waals surface area contributed by atoms with Gasteiger partial charge in [-0.15, -0.1) is 0 Å². The van der Waals surface area contributed by atoms with Gasteiger partial charge in [-0.1, -0.05) is 6.07 Å². The van der Waals surface area contributed by atoms with Crippen LogP contribution in [0.5, 0.6) is 0 Å². The van der Waals surface area contributed by atoms with Crippen molar-refractivity contribution in [3.63, 3.8) is 0 Å². The van der Waals surface area contributed by atoms with E-state index in [-0.39, 0.29) is 0 Å². The molecule has 0 N–H and O–H groups in total. The Morgan fingerprint density at radius 3 is 2.90 bits per heavy atom. The van der Waals surface area contributed by atoms with Crippen LogP contribution in [0, 0.1) is 0 Å². The summed E-state index contributed by atoms with van der Waals surface area (Å²) >= 11 is 3.39. The average Bonchev–Trinajstić information content (AvgIpc) is 2.93. The first-order valence-corrected chi connectivity index (χ1v) is 7.16. The van der Waals surface area contributed by atoms with Gasteiger partial charge in [0.1, 0.15) is 11.3 Å². The molecule has 0 unspecified atom stereocenters. The van der Waals surface area contributed by atoms with Gasteiger partial charge in [0.25, 0.3) is 0 Å². The molecule has 0 aliphatic heterocycles. The van der Waals surface area contributed by atoms with E-state index in [1.54, 1.807) is 0 Å². The van der Waals surface area contributed by atoms with E-state index in [9.17, 15) is 0 Å².